The smallest absolute Gasteiger partial charge is 0.159 e. The number of aromatic nitrogens is 1. The summed E-state index contributed by atoms with van der Waals surface area (Å²) in [5, 5.41) is 13.2. The SMILES string of the molecule is Cc1ccccc1N(c1ccc2cc3c4cccc5c6cc7ccc(N(c8ccccc8C)c8cccc9c8oc8ccccc89)cc7cc6n(c3cc2c1)c45)c1cccc2c3c(oc12)C=CCC3. The summed E-state index contributed by atoms with van der Waals surface area (Å²) in [6.07, 6.45) is 6.38. The van der Waals surface area contributed by atoms with Crippen molar-refractivity contribution in [2.75, 3.05) is 9.80 Å². The number of aryl methyl sites for hydroxylation is 3. The fraction of sp³-hybridized carbons (Fsp3) is 0.0625. The van der Waals surface area contributed by atoms with Gasteiger partial charge in [-0.25, -0.2) is 0 Å². The van der Waals surface area contributed by atoms with Gasteiger partial charge in [0.15, 0.2) is 11.2 Å². The summed E-state index contributed by atoms with van der Waals surface area (Å²) in [5.74, 6) is 0.972. The molecule has 5 nitrogen and oxygen atoms in total. The maximum Gasteiger partial charge on any atom is 0.159 e. The van der Waals surface area contributed by atoms with Crippen LogP contribution in [0.5, 0.6) is 0 Å². The molecule has 15 rings (SSSR count). The summed E-state index contributed by atoms with van der Waals surface area (Å²) < 4.78 is 15.9. The van der Waals surface area contributed by atoms with Crippen LogP contribution in [0.3, 0.4) is 0 Å². The van der Waals surface area contributed by atoms with Gasteiger partial charge >= 0.3 is 0 Å². The van der Waals surface area contributed by atoms with Crippen molar-refractivity contribution in [3.63, 3.8) is 0 Å². The fourth-order valence-corrected chi connectivity index (χ4v) is 11.7. The van der Waals surface area contributed by atoms with Crippen LogP contribution in [0.15, 0.2) is 203 Å². The molecule has 4 aromatic heterocycles. The highest BCUT2D eigenvalue weighted by Crippen LogP contribution is 2.48. The highest BCUT2D eigenvalue weighted by molar-refractivity contribution is 6.26. The van der Waals surface area contributed by atoms with Crippen molar-refractivity contribution in [3.05, 3.63) is 217 Å². The standard InChI is InChI=1S/C64H43N3O2/c1-38-14-3-7-22-54(38)65(56-24-12-20-50-46-16-5-9-26-60(46)68-63(50)56)44-30-28-40-34-52-48-18-11-19-49-53-35-41-29-31-45(33-43(41)37-59(53)67(62(48)49)58(52)36-42(40)32-44)66(55-23-8-4-15-39(55)2)57-25-13-21-51-47-17-6-10-27-61(47)69-64(51)57/h3-5,7-16,18-37H,6,17H2,1-2H3. The number of furan rings is 2. The van der Waals surface area contributed by atoms with Crippen LogP contribution in [0.1, 0.15) is 28.9 Å². The molecule has 0 saturated heterocycles. The molecule has 0 aliphatic heterocycles. The zero-order chi connectivity index (χ0) is 45.5. The number of anilines is 6. The lowest BCUT2D eigenvalue weighted by molar-refractivity contribution is 0.596. The molecule has 0 fully saturated rings. The Kier molecular flexibility index (Phi) is 7.97. The van der Waals surface area contributed by atoms with Gasteiger partial charge in [-0.2, -0.15) is 0 Å². The molecule has 1 aliphatic carbocycles. The highest BCUT2D eigenvalue weighted by Gasteiger charge is 2.25. The third kappa shape index (κ3) is 5.53. The van der Waals surface area contributed by atoms with E-state index in [1.165, 1.54) is 81.7 Å². The van der Waals surface area contributed by atoms with Gasteiger partial charge in [-0.15, -0.1) is 0 Å². The number of allylic oxidation sites excluding steroid dienone is 1. The molecular formula is C64H43N3O2. The number of rotatable bonds is 6. The first-order valence-corrected chi connectivity index (χ1v) is 24.0. The second-order valence-electron chi connectivity index (χ2n) is 18.9. The lowest BCUT2D eigenvalue weighted by Crippen LogP contribution is -2.11. The van der Waals surface area contributed by atoms with Crippen molar-refractivity contribution in [2.45, 2.75) is 26.7 Å². The van der Waals surface area contributed by atoms with Crippen molar-refractivity contribution < 1.29 is 8.83 Å². The maximum absolute atomic E-state index is 6.72. The Morgan fingerprint density at radius 3 is 1.58 bits per heavy atom. The van der Waals surface area contributed by atoms with Gasteiger partial charge in [-0.05, 0) is 144 Å². The minimum Gasteiger partial charge on any atom is -0.454 e. The number of fused-ring (bicyclic) bond motifs is 14. The molecule has 0 atom stereocenters. The van der Waals surface area contributed by atoms with Gasteiger partial charge in [-0.1, -0.05) is 115 Å². The zero-order valence-corrected chi connectivity index (χ0v) is 38.1. The lowest BCUT2D eigenvalue weighted by Gasteiger charge is -2.27. The average molecular weight is 886 g/mol. The van der Waals surface area contributed by atoms with E-state index < -0.39 is 0 Å². The Labute approximate surface area is 397 Å². The molecular weight excluding hydrogens is 843 g/mol. The van der Waals surface area contributed by atoms with Crippen LogP contribution in [-0.2, 0) is 6.42 Å². The van der Waals surface area contributed by atoms with Crippen molar-refractivity contribution in [2.24, 2.45) is 0 Å². The van der Waals surface area contributed by atoms with E-state index in [2.05, 4.69) is 222 Å². The number of nitrogens with zero attached hydrogens (tertiary/aromatic N) is 3. The van der Waals surface area contributed by atoms with E-state index in [1.54, 1.807) is 0 Å². The fourth-order valence-electron chi connectivity index (χ4n) is 11.7. The van der Waals surface area contributed by atoms with Crippen LogP contribution in [0.2, 0.25) is 0 Å². The lowest BCUT2D eigenvalue weighted by atomic mass is 10.00. The number of hydrogen-bond donors (Lipinski definition) is 0. The first-order chi connectivity index (χ1) is 34.0. The molecule has 14 aromatic rings. The summed E-state index contributed by atoms with van der Waals surface area (Å²) in [6, 6.07) is 68.9. The molecule has 0 amide bonds. The van der Waals surface area contributed by atoms with Gasteiger partial charge < -0.3 is 23.0 Å². The van der Waals surface area contributed by atoms with E-state index in [0.717, 1.165) is 80.2 Å². The minimum absolute atomic E-state index is 0.874. The molecule has 10 aromatic carbocycles. The monoisotopic (exact) mass is 885 g/mol. The third-order valence-corrected chi connectivity index (χ3v) is 15.0. The Bertz CT molecular complexity index is 4490. The van der Waals surface area contributed by atoms with E-state index in [0.29, 0.717) is 0 Å². The molecule has 4 heterocycles. The molecule has 0 saturated carbocycles. The van der Waals surface area contributed by atoms with E-state index in [1.807, 2.05) is 6.07 Å². The zero-order valence-electron chi connectivity index (χ0n) is 38.1. The van der Waals surface area contributed by atoms with Crippen LogP contribution in [0.25, 0.3) is 98.6 Å². The Morgan fingerprint density at radius 1 is 0.420 bits per heavy atom. The van der Waals surface area contributed by atoms with Gasteiger partial charge in [0, 0.05) is 66.0 Å². The second kappa shape index (κ2) is 14.4. The van der Waals surface area contributed by atoms with Gasteiger partial charge in [0.1, 0.15) is 11.3 Å². The molecule has 0 N–H and O–H groups in total. The molecule has 0 spiro atoms. The highest BCUT2D eigenvalue weighted by atomic mass is 16.3. The van der Waals surface area contributed by atoms with Gasteiger partial charge in [0.05, 0.1) is 27.9 Å². The molecule has 5 heteroatoms. The number of para-hydroxylation sites is 6. The topological polar surface area (TPSA) is 37.2 Å². The van der Waals surface area contributed by atoms with Crippen molar-refractivity contribution in [3.8, 4) is 0 Å². The van der Waals surface area contributed by atoms with Crippen LogP contribution < -0.4 is 9.80 Å². The summed E-state index contributed by atoms with van der Waals surface area (Å²) in [6.45, 7) is 4.38. The summed E-state index contributed by atoms with van der Waals surface area (Å²) in [5.41, 5.74) is 16.5. The number of hydrogen-bond acceptors (Lipinski definition) is 4. The first kappa shape index (κ1) is 38.3. The van der Waals surface area contributed by atoms with E-state index in [-0.39, 0.29) is 0 Å². The third-order valence-electron chi connectivity index (χ3n) is 15.0. The predicted molar refractivity (Wildman–Crippen MR) is 289 cm³/mol. The number of benzene rings is 10. The van der Waals surface area contributed by atoms with Crippen molar-refractivity contribution in [1.82, 2.24) is 4.40 Å². The average Bonchev–Trinajstić information content (AvgIpc) is 4.14. The van der Waals surface area contributed by atoms with Crippen LogP contribution in [0.4, 0.5) is 34.1 Å². The largest absolute Gasteiger partial charge is 0.454 e. The van der Waals surface area contributed by atoms with Crippen molar-refractivity contribution in [1.29, 1.82) is 0 Å². The van der Waals surface area contributed by atoms with Gasteiger partial charge in [-0.3, -0.25) is 0 Å². The molecule has 0 bridgehead atoms. The van der Waals surface area contributed by atoms with Crippen LogP contribution in [-0.4, -0.2) is 4.40 Å². The molecule has 1 aliphatic rings. The Hall–Kier alpha value is -8.80. The van der Waals surface area contributed by atoms with Crippen molar-refractivity contribution >= 4 is 133 Å². The van der Waals surface area contributed by atoms with E-state index >= 15 is 0 Å². The quantitative estimate of drug-likeness (QED) is 0.167. The van der Waals surface area contributed by atoms with Gasteiger partial charge in [0.25, 0.3) is 0 Å². The molecule has 0 unspecified atom stereocenters. The predicted octanol–water partition coefficient (Wildman–Crippen LogP) is 18.3. The summed E-state index contributed by atoms with van der Waals surface area (Å²) in [7, 11) is 0. The normalized spacial score (nSPS) is 12.9. The molecule has 0 radical (unpaired) electrons. The van der Waals surface area contributed by atoms with E-state index in [4.69, 9.17) is 8.83 Å². The molecule has 326 valence electrons. The first-order valence-electron chi connectivity index (χ1n) is 24.0. The summed E-state index contributed by atoms with van der Waals surface area (Å²) in [4.78, 5) is 4.76. The van der Waals surface area contributed by atoms with Gasteiger partial charge in [0.2, 0.25) is 0 Å². The summed E-state index contributed by atoms with van der Waals surface area (Å²) >= 11 is 0. The van der Waals surface area contributed by atoms with E-state index in [9.17, 15) is 0 Å². The van der Waals surface area contributed by atoms with Crippen LogP contribution in [0, 0.1) is 13.8 Å². The Balaban J connectivity index is 0.937. The molecule has 69 heavy (non-hydrogen) atoms. The second-order valence-corrected chi connectivity index (χ2v) is 18.9. The maximum atomic E-state index is 6.72. The minimum atomic E-state index is 0.874. The van der Waals surface area contributed by atoms with Crippen LogP contribution >= 0.6 is 0 Å². The Morgan fingerprint density at radius 2 is 0.942 bits per heavy atom.